The summed E-state index contributed by atoms with van der Waals surface area (Å²) < 4.78 is 23.9. The lowest BCUT2D eigenvalue weighted by molar-refractivity contribution is -0.118. The number of aromatic nitrogens is 2. The predicted molar refractivity (Wildman–Crippen MR) is 128 cm³/mol. The molecule has 0 N–H and O–H groups in total. The number of benzene rings is 1. The van der Waals surface area contributed by atoms with E-state index in [4.69, 9.17) is 11.6 Å². The molecule has 3 aromatic rings. The van der Waals surface area contributed by atoms with Crippen molar-refractivity contribution >= 4 is 50.2 Å². The first-order valence-corrected chi connectivity index (χ1v) is 13.7. The Labute approximate surface area is 197 Å². The second kappa shape index (κ2) is 9.68. The molecule has 0 radical (unpaired) electrons. The third-order valence-electron chi connectivity index (χ3n) is 5.75. The zero-order valence-electron chi connectivity index (χ0n) is 17.7. The van der Waals surface area contributed by atoms with E-state index in [-0.39, 0.29) is 15.8 Å². The number of nitrogens with zero attached hydrogens (tertiary/aromatic N) is 3. The van der Waals surface area contributed by atoms with Gasteiger partial charge in [-0.3, -0.25) is 14.7 Å². The fourth-order valence-electron chi connectivity index (χ4n) is 4.07. The van der Waals surface area contributed by atoms with Crippen molar-refractivity contribution in [3.05, 3.63) is 52.4 Å². The molecule has 1 aliphatic rings. The monoisotopic (exact) mass is 489 g/mol. The highest BCUT2D eigenvalue weighted by molar-refractivity contribution is 7.90. The summed E-state index contributed by atoms with van der Waals surface area (Å²) in [4.78, 5) is 23.8. The Balaban J connectivity index is 1.66. The van der Waals surface area contributed by atoms with Crippen molar-refractivity contribution in [1.29, 1.82) is 0 Å². The molecule has 0 saturated heterocycles. The van der Waals surface area contributed by atoms with Crippen LogP contribution in [0.3, 0.4) is 0 Å². The Hall–Kier alpha value is -2.29. The van der Waals surface area contributed by atoms with Gasteiger partial charge in [-0.2, -0.15) is 11.3 Å². The van der Waals surface area contributed by atoms with E-state index >= 15 is 0 Å². The topological polar surface area (TPSA) is 80.2 Å². The van der Waals surface area contributed by atoms with Gasteiger partial charge in [0, 0.05) is 23.6 Å². The summed E-state index contributed by atoms with van der Waals surface area (Å²) in [6, 6.07) is 6.48. The molecule has 168 valence electrons. The van der Waals surface area contributed by atoms with Gasteiger partial charge in [0.15, 0.2) is 15.7 Å². The number of thiophene rings is 1. The third kappa shape index (κ3) is 5.19. The Morgan fingerprint density at radius 3 is 2.56 bits per heavy atom. The summed E-state index contributed by atoms with van der Waals surface area (Å²) in [5, 5.41) is 4.02. The second-order valence-corrected chi connectivity index (χ2v) is 11.2. The van der Waals surface area contributed by atoms with Gasteiger partial charge >= 0.3 is 0 Å². The van der Waals surface area contributed by atoms with Crippen LogP contribution in [0.1, 0.15) is 38.5 Å². The number of hydrogen-bond acceptors (Lipinski definition) is 6. The van der Waals surface area contributed by atoms with Crippen molar-refractivity contribution in [1.82, 2.24) is 9.97 Å². The lowest BCUT2D eigenvalue weighted by atomic mass is 10.0. The maximum atomic E-state index is 13.3. The van der Waals surface area contributed by atoms with Crippen LogP contribution in [0.4, 0.5) is 11.5 Å². The van der Waals surface area contributed by atoms with Gasteiger partial charge in [0.1, 0.15) is 0 Å². The Kier molecular flexibility index (Phi) is 6.93. The summed E-state index contributed by atoms with van der Waals surface area (Å²) in [7, 11) is -3.48. The molecule has 0 spiro atoms. The van der Waals surface area contributed by atoms with Gasteiger partial charge in [0.05, 0.1) is 33.7 Å². The van der Waals surface area contributed by atoms with Crippen molar-refractivity contribution in [2.24, 2.45) is 5.92 Å². The van der Waals surface area contributed by atoms with Crippen LogP contribution in [0.25, 0.3) is 11.3 Å². The van der Waals surface area contributed by atoms with Crippen LogP contribution in [0.5, 0.6) is 0 Å². The normalized spacial score (nSPS) is 14.6. The lowest BCUT2D eigenvalue weighted by Crippen LogP contribution is -2.27. The van der Waals surface area contributed by atoms with Crippen molar-refractivity contribution in [3.8, 4) is 11.3 Å². The van der Waals surface area contributed by atoms with Crippen molar-refractivity contribution in [3.63, 3.8) is 0 Å². The van der Waals surface area contributed by atoms with Gasteiger partial charge in [-0.1, -0.05) is 37.3 Å². The third-order valence-corrected chi connectivity index (χ3v) is 8.01. The summed E-state index contributed by atoms with van der Waals surface area (Å²) in [5.74, 6) is 0.838. The average Bonchev–Trinajstić information content (AvgIpc) is 3.46. The second-order valence-electron chi connectivity index (χ2n) is 8.08. The maximum Gasteiger partial charge on any atom is 0.232 e. The Morgan fingerprint density at radius 1 is 1.19 bits per heavy atom. The molecule has 0 atom stereocenters. The molecule has 2 heterocycles. The highest BCUT2D eigenvalue weighted by Gasteiger charge is 2.24. The number of sulfone groups is 1. The first-order chi connectivity index (χ1) is 15.3. The molecule has 4 rings (SSSR count). The van der Waals surface area contributed by atoms with E-state index < -0.39 is 9.84 Å². The largest absolute Gasteiger partial charge is 0.274 e. The van der Waals surface area contributed by atoms with E-state index in [0.29, 0.717) is 23.8 Å². The smallest absolute Gasteiger partial charge is 0.232 e. The number of anilines is 2. The lowest BCUT2D eigenvalue weighted by Gasteiger charge is -2.23. The van der Waals surface area contributed by atoms with E-state index in [1.165, 1.54) is 29.9 Å². The van der Waals surface area contributed by atoms with E-state index in [0.717, 1.165) is 36.8 Å². The minimum Gasteiger partial charge on any atom is -0.274 e. The number of carbonyl (C=O) groups is 1. The van der Waals surface area contributed by atoms with Gasteiger partial charge in [-0.05, 0) is 42.0 Å². The highest BCUT2D eigenvalue weighted by Crippen LogP contribution is 2.33. The van der Waals surface area contributed by atoms with E-state index in [1.807, 2.05) is 16.8 Å². The molecular formula is C23H24ClN3O3S2. The molecule has 9 heteroatoms. The Morgan fingerprint density at radius 2 is 1.97 bits per heavy atom. The van der Waals surface area contributed by atoms with Crippen LogP contribution < -0.4 is 4.90 Å². The molecule has 32 heavy (non-hydrogen) atoms. The first kappa shape index (κ1) is 22.9. The average molecular weight is 490 g/mol. The standard InChI is InChI=1S/C23H24ClN3O3S2/c1-32(29,30)21-8-7-18(12-19(21)24)27(23(28)9-6-16-4-2-3-5-16)22-14-25-20(13-26-22)17-10-11-31-15-17/h7-8,10-16H,2-6,9H2,1H3. The van der Waals surface area contributed by atoms with Gasteiger partial charge in [-0.25, -0.2) is 13.4 Å². The first-order valence-electron chi connectivity index (χ1n) is 10.5. The summed E-state index contributed by atoms with van der Waals surface area (Å²) >= 11 is 7.85. The summed E-state index contributed by atoms with van der Waals surface area (Å²) in [5.41, 5.74) is 2.16. The van der Waals surface area contributed by atoms with Gasteiger partial charge < -0.3 is 0 Å². The molecular weight excluding hydrogens is 466 g/mol. The van der Waals surface area contributed by atoms with Crippen LogP contribution >= 0.6 is 22.9 Å². The van der Waals surface area contributed by atoms with Crippen LogP contribution in [0, 0.1) is 5.92 Å². The van der Waals surface area contributed by atoms with E-state index in [2.05, 4.69) is 9.97 Å². The number of rotatable bonds is 7. The molecule has 0 aliphatic heterocycles. The quantitative estimate of drug-likeness (QED) is 0.413. The van der Waals surface area contributed by atoms with Crippen LogP contribution in [0.15, 0.2) is 52.3 Å². The maximum absolute atomic E-state index is 13.3. The molecule has 1 saturated carbocycles. The fraction of sp³-hybridized carbons (Fsp3) is 0.348. The summed E-state index contributed by atoms with van der Waals surface area (Å²) in [6.07, 6.45) is 10.3. The number of carbonyl (C=O) groups excluding carboxylic acids is 1. The molecule has 0 bridgehead atoms. The minimum absolute atomic E-state index is 0.0279. The fourth-order valence-corrected chi connectivity index (χ4v) is 6.04. The van der Waals surface area contributed by atoms with Crippen molar-refractivity contribution in [2.45, 2.75) is 43.4 Å². The zero-order valence-corrected chi connectivity index (χ0v) is 20.1. The highest BCUT2D eigenvalue weighted by atomic mass is 35.5. The number of hydrogen-bond donors (Lipinski definition) is 0. The number of amides is 1. The number of halogens is 1. The Bertz CT molecular complexity index is 1190. The molecule has 1 aliphatic carbocycles. The van der Waals surface area contributed by atoms with Crippen LogP contribution in [0.2, 0.25) is 5.02 Å². The molecule has 1 aromatic carbocycles. The van der Waals surface area contributed by atoms with Crippen LogP contribution in [-0.2, 0) is 14.6 Å². The van der Waals surface area contributed by atoms with Crippen molar-refractivity contribution < 1.29 is 13.2 Å². The van der Waals surface area contributed by atoms with E-state index in [1.54, 1.807) is 29.8 Å². The zero-order chi connectivity index (χ0) is 22.7. The molecule has 1 amide bonds. The van der Waals surface area contributed by atoms with Crippen molar-refractivity contribution in [2.75, 3.05) is 11.2 Å². The van der Waals surface area contributed by atoms with E-state index in [9.17, 15) is 13.2 Å². The molecule has 6 nitrogen and oxygen atoms in total. The van der Waals surface area contributed by atoms with Gasteiger partial charge in [0.2, 0.25) is 5.91 Å². The SMILES string of the molecule is CS(=O)(=O)c1ccc(N(C(=O)CCC2CCCC2)c2cnc(-c3ccsc3)cn2)cc1Cl. The molecule has 0 unspecified atom stereocenters. The minimum atomic E-state index is -3.48. The molecule has 1 fully saturated rings. The predicted octanol–water partition coefficient (Wildman–Crippen LogP) is 5.90. The van der Waals surface area contributed by atoms with Gasteiger partial charge in [-0.15, -0.1) is 0 Å². The van der Waals surface area contributed by atoms with Gasteiger partial charge in [0.25, 0.3) is 0 Å². The van der Waals surface area contributed by atoms with Crippen LogP contribution in [-0.4, -0.2) is 30.5 Å². The summed E-state index contributed by atoms with van der Waals surface area (Å²) in [6.45, 7) is 0. The molecule has 2 aromatic heterocycles.